The highest BCUT2D eigenvalue weighted by molar-refractivity contribution is 5.73. The molecule has 7 nitrogen and oxygen atoms in total. The van der Waals surface area contributed by atoms with Gasteiger partial charge in [-0.2, -0.15) is 0 Å². The molecule has 2 heterocycles. The van der Waals surface area contributed by atoms with E-state index in [-0.39, 0.29) is 5.91 Å². The fraction of sp³-hybridized carbons (Fsp3) is 0.947. The summed E-state index contributed by atoms with van der Waals surface area (Å²) in [6, 6.07) is -0.664. The molecule has 7 heteroatoms. The van der Waals surface area contributed by atoms with Crippen molar-refractivity contribution in [3.8, 4) is 0 Å². The van der Waals surface area contributed by atoms with Crippen molar-refractivity contribution in [3.63, 3.8) is 0 Å². The molecule has 2 fully saturated rings. The minimum atomic E-state index is -0.921. The first-order chi connectivity index (χ1) is 12.3. The van der Waals surface area contributed by atoms with Gasteiger partial charge in [-0.1, -0.05) is 39.0 Å². The number of hydrogen-bond donors (Lipinski definition) is 2. The van der Waals surface area contributed by atoms with Crippen molar-refractivity contribution in [2.24, 2.45) is 0 Å². The highest BCUT2D eigenvalue weighted by Gasteiger charge is 2.51. The lowest BCUT2D eigenvalue weighted by atomic mass is 9.95. The Bertz CT molecular complexity index is 444. The summed E-state index contributed by atoms with van der Waals surface area (Å²) in [4.78, 5) is 11.6. The summed E-state index contributed by atoms with van der Waals surface area (Å²) < 4.78 is 23.3. The Morgan fingerprint density at radius 2 is 1.92 bits per heavy atom. The normalized spacial score (nSPS) is 33.5. The molecule has 152 valence electrons. The number of fused-ring (bicyclic) bond motifs is 1. The summed E-state index contributed by atoms with van der Waals surface area (Å²) in [7, 11) is 0. The van der Waals surface area contributed by atoms with Gasteiger partial charge in [-0.15, -0.1) is 0 Å². The monoisotopic (exact) mass is 373 g/mol. The van der Waals surface area contributed by atoms with Crippen LogP contribution in [0.5, 0.6) is 0 Å². The molecule has 5 unspecified atom stereocenters. The number of carbonyl (C=O) groups is 1. The van der Waals surface area contributed by atoms with E-state index in [4.69, 9.17) is 18.9 Å². The quantitative estimate of drug-likeness (QED) is 0.602. The molecule has 0 aromatic heterocycles. The Kier molecular flexibility index (Phi) is 8.29. The number of hydrogen-bond acceptors (Lipinski definition) is 6. The van der Waals surface area contributed by atoms with Crippen molar-refractivity contribution in [2.45, 2.75) is 103 Å². The number of carbonyl (C=O) groups excluding carboxylic acids is 1. The van der Waals surface area contributed by atoms with Gasteiger partial charge in [0.15, 0.2) is 12.1 Å². The highest BCUT2D eigenvalue weighted by Crippen LogP contribution is 2.32. The predicted molar refractivity (Wildman–Crippen MR) is 96.5 cm³/mol. The molecule has 0 aromatic carbocycles. The van der Waals surface area contributed by atoms with Gasteiger partial charge in [0, 0.05) is 13.5 Å². The van der Waals surface area contributed by atoms with E-state index in [2.05, 4.69) is 12.2 Å². The van der Waals surface area contributed by atoms with Crippen LogP contribution < -0.4 is 5.32 Å². The topological polar surface area (TPSA) is 86.2 Å². The first-order valence-electron chi connectivity index (χ1n) is 9.88. The number of rotatable bonds is 9. The molecule has 0 saturated carbocycles. The molecule has 0 aromatic rings. The third kappa shape index (κ3) is 6.16. The zero-order chi connectivity index (χ0) is 19.2. The summed E-state index contributed by atoms with van der Waals surface area (Å²) in [6.45, 7) is 8.06. The molecule has 0 aliphatic carbocycles. The van der Waals surface area contributed by atoms with Crippen molar-refractivity contribution < 1.29 is 28.8 Å². The number of ether oxygens (including phenoxy) is 4. The van der Waals surface area contributed by atoms with Crippen LogP contribution in [0.2, 0.25) is 0 Å². The van der Waals surface area contributed by atoms with E-state index in [1.165, 1.54) is 32.6 Å². The lowest BCUT2D eigenvalue weighted by Gasteiger charge is -2.49. The van der Waals surface area contributed by atoms with E-state index in [9.17, 15) is 9.90 Å². The maximum Gasteiger partial charge on any atom is 0.217 e. The molecule has 2 aliphatic rings. The van der Waals surface area contributed by atoms with E-state index in [1.54, 1.807) is 13.8 Å². The van der Waals surface area contributed by atoms with Crippen molar-refractivity contribution in [2.75, 3.05) is 13.2 Å². The van der Waals surface area contributed by atoms with Gasteiger partial charge in [-0.3, -0.25) is 4.79 Å². The Morgan fingerprint density at radius 3 is 2.62 bits per heavy atom. The smallest absolute Gasteiger partial charge is 0.217 e. The maximum absolute atomic E-state index is 11.6. The Hall–Kier alpha value is -0.730. The zero-order valence-electron chi connectivity index (χ0n) is 16.5. The molecule has 0 bridgehead atoms. The van der Waals surface area contributed by atoms with Gasteiger partial charge in [0.25, 0.3) is 0 Å². The maximum atomic E-state index is 11.6. The van der Waals surface area contributed by atoms with Gasteiger partial charge < -0.3 is 29.4 Å². The molecule has 1 amide bonds. The van der Waals surface area contributed by atoms with Crippen molar-refractivity contribution in [1.82, 2.24) is 5.32 Å². The minimum Gasteiger partial charge on any atom is -0.388 e. The molecule has 0 spiro atoms. The first kappa shape index (κ1) is 21.6. The van der Waals surface area contributed by atoms with E-state index < -0.39 is 36.4 Å². The summed E-state index contributed by atoms with van der Waals surface area (Å²) in [5.41, 5.74) is 0. The van der Waals surface area contributed by atoms with E-state index in [1.807, 2.05) is 0 Å². The number of amides is 1. The van der Waals surface area contributed by atoms with Crippen LogP contribution in [0.3, 0.4) is 0 Å². The third-order valence-electron chi connectivity index (χ3n) is 4.84. The molecule has 5 atom stereocenters. The summed E-state index contributed by atoms with van der Waals surface area (Å²) in [6.07, 6.45) is 4.36. The fourth-order valence-corrected chi connectivity index (χ4v) is 3.46. The van der Waals surface area contributed by atoms with Crippen molar-refractivity contribution in [3.05, 3.63) is 0 Å². The fourth-order valence-electron chi connectivity index (χ4n) is 3.46. The van der Waals surface area contributed by atoms with E-state index in [0.717, 1.165) is 12.8 Å². The zero-order valence-corrected chi connectivity index (χ0v) is 16.5. The van der Waals surface area contributed by atoms with Gasteiger partial charge in [-0.25, -0.2) is 0 Å². The molecule has 26 heavy (non-hydrogen) atoms. The lowest BCUT2D eigenvalue weighted by molar-refractivity contribution is -0.368. The average Bonchev–Trinajstić information content (AvgIpc) is 2.57. The molecule has 0 radical (unpaired) electrons. The number of nitrogens with one attached hydrogen (secondary N) is 1. The van der Waals surface area contributed by atoms with Gasteiger partial charge in [-0.05, 0) is 20.3 Å². The van der Waals surface area contributed by atoms with Crippen LogP contribution >= 0.6 is 0 Å². The number of aliphatic hydroxyl groups is 1. The van der Waals surface area contributed by atoms with Crippen LogP contribution in [-0.2, 0) is 23.7 Å². The summed E-state index contributed by atoms with van der Waals surface area (Å²) in [5.74, 6) is -1.03. The van der Waals surface area contributed by atoms with Crippen LogP contribution in [0.1, 0.15) is 66.2 Å². The van der Waals surface area contributed by atoms with Gasteiger partial charge in [0.1, 0.15) is 24.4 Å². The summed E-state index contributed by atoms with van der Waals surface area (Å²) in [5, 5.41) is 13.5. The molecule has 2 N–H and O–H groups in total. The van der Waals surface area contributed by atoms with Crippen LogP contribution in [0.25, 0.3) is 0 Å². The Balaban J connectivity index is 1.88. The SMILES string of the molecule is CCCCCCCCOC1OC2COC(C)(C)OC2C(O)C1NC(C)=O. The van der Waals surface area contributed by atoms with Crippen LogP contribution in [0.15, 0.2) is 0 Å². The second kappa shape index (κ2) is 9.99. The highest BCUT2D eigenvalue weighted by atomic mass is 16.8. The van der Waals surface area contributed by atoms with Crippen LogP contribution in [-0.4, -0.2) is 60.7 Å². The second-order valence-corrected chi connectivity index (χ2v) is 7.69. The molecule has 2 saturated heterocycles. The van der Waals surface area contributed by atoms with E-state index >= 15 is 0 Å². The minimum absolute atomic E-state index is 0.240. The van der Waals surface area contributed by atoms with Gasteiger partial charge in [0.2, 0.25) is 5.91 Å². The molecule has 2 aliphatic heterocycles. The van der Waals surface area contributed by atoms with Crippen molar-refractivity contribution in [1.29, 1.82) is 0 Å². The predicted octanol–water partition coefficient (Wildman–Crippen LogP) is 2.11. The van der Waals surface area contributed by atoms with Gasteiger partial charge >= 0.3 is 0 Å². The Labute approximate surface area is 156 Å². The lowest BCUT2D eigenvalue weighted by Crippen LogP contribution is -2.68. The van der Waals surface area contributed by atoms with Crippen LogP contribution in [0, 0.1) is 0 Å². The Morgan fingerprint density at radius 1 is 1.23 bits per heavy atom. The van der Waals surface area contributed by atoms with Gasteiger partial charge in [0.05, 0.1) is 6.61 Å². The largest absolute Gasteiger partial charge is 0.388 e. The van der Waals surface area contributed by atoms with Crippen molar-refractivity contribution >= 4 is 5.91 Å². The first-order valence-corrected chi connectivity index (χ1v) is 9.88. The summed E-state index contributed by atoms with van der Waals surface area (Å²) >= 11 is 0. The number of aliphatic hydroxyl groups excluding tert-OH is 1. The third-order valence-corrected chi connectivity index (χ3v) is 4.84. The van der Waals surface area contributed by atoms with Crippen LogP contribution in [0.4, 0.5) is 0 Å². The average molecular weight is 373 g/mol. The second-order valence-electron chi connectivity index (χ2n) is 7.69. The standard InChI is InChI=1S/C19H35NO6/c1-5-6-7-8-9-10-11-23-18-15(20-13(2)21)16(22)17-14(25-18)12-24-19(3,4)26-17/h14-18,22H,5-12H2,1-4H3,(H,20,21). The van der Waals surface area contributed by atoms with E-state index in [0.29, 0.717) is 13.2 Å². The molecular formula is C19H35NO6. The molecule has 2 rings (SSSR count). The number of unbranched alkanes of at least 4 members (excludes halogenated alkanes) is 5. The molecular weight excluding hydrogens is 338 g/mol.